The van der Waals surface area contributed by atoms with Crippen LogP contribution in [0.15, 0.2) is 40.7 Å². The quantitative estimate of drug-likeness (QED) is 0.493. The van der Waals surface area contributed by atoms with Crippen molar-refractivity contribution < 1.29 is 19.2 Å². The van der Waals surface area contributed by atoms with Crippen molar-refractivity contribution in [3.8, 4) is 0 Å². The summed E-state index contributed by atoms with van der Waals surface area (Å²) in [5.74, 6) is -1.37. The highest BCUT2D eigenvalue weighted by Crippen LogP contribution is 2.43. The summed E-state index contributed by atoms with van der Waals surface area (Å²) in [4.78, 5) is 35.7. The maximum atomic E-state index is 12.6. The van der Waals surface area contributed by atoms with Crippen molar-refractivity contribution >= 4 is 29.0 Å². The van der Waals surface area contributed by atoms with Gasteiger partial charge >= 0.3 is 5.97 Å². The van der Waals surface area contributed by atoms with Gasteiger partial charge in [-0.05, 0) is 31.4 Å². The number of esters is 1. The van der Waals surface area contributed by atoms with Crippen LogP contribution in [0.2, 0.25) is 5.02 Å². The molecule has 0 spiro atoms. The van der Waals surface area contributed by atoms with Crippen LogP contribution in [0.4, 0.5) is 5.69 Å². The Hall–Kier alpha value is -2.67. The van der Waals surface area contributed by atoms with Gasteiger partial charge in [0, 0.05) is 35.4 Å². The smallest absolute Gasteiger partial charge is 0.336 e. The number of nitro groups is 1. The third-order valence-corrected chi connectivity index (χ3v) is 5.00. The average molecular weight is 377 g/mol. The van der Waals surface area contributed by atoms with E-state index in [-0.39, 0.29) is 22.1 Å². The fourth-order valence-electron chi connectivity index (χ4n) is 3.55. The molecule has 1 atom stereocenters. The number of methoxy groups -OCH3 is 1. The van der Waals surface area contributed by atoms with Gasteiger partial charge in [0.2, 0.25) is 0 Å². The number of nitro benzene ring substituents is 1. The van der Waals surface area contributed by atoms with Crippen molar-refractivity contribution in [3.63, 3.8) is 0 Å². The molecule has 1 aromatic carbocycles. The summed E-state index contributed by atoms with van der Waals surface area (Å²) in [5, 5.41) is 14.4. The zero-order valence-corrected chi connectivity index (χ0v) is 15.1. The largest absolute Gasteiger partial charge is 0.466 e. The van der Waals surface area contributed by atoms with E-state index in [4.69, 9.17) is 16.3 Å². The van der Waals surface area contributed by atoms with Crippen LogP contribution in [-0.4, -0.2) is 23.8 Å². The molecule has 0 radical (unpaired) electrons. The second kappa shape index (κ2) is 6.92. The lowest BCUT2D eigenvalue weighted by atomic mass is 9.75. The summed E-state index contributed by atoms with van der Waals surface area (Å²) in [5.41, 5.74) is 2.28. The van der Waals surface area contributed by atoms with E-state index in [0.717, 1.165) is 12.1 Å². The number of ether oxygens (including phenoxy) is 1. The Bertz CT molecular complexity index is 888. The Morgan fingerprint density at radius 3 is 2.77 bits per heavy atom. The molecule has 0 fully saturated rings. The number of Topliss-reactive ketones (excluding diaryl/α,β-unsaturated/α-hetero) is 1. The molecular formula is C18H17ClN2O5. The minimum Gasteiger partial charge on any atom is -0.466 e. The number of allylic oxidation sites excluding steroid dienone is 3. The lowest BCUT2D eigenvalue weighted by Crippen LogP contribution is -2.34. The van der Waals surface area contributed by atoms with Gasteiger partial charge in [0.05, 0.1) is 17.6 Å². The number of hydrogen-bond donors (Lipinski definition) is 1. The number of rotatable bonds is 3. The number of carbonyl (C=O) groups excluding carboxylic acids is 2. The van der Waals surface area contributed by atoms with E-state index in [1.807, 2.05) is 0 Å². The topological polar surface area (TPSA) is 98.5 Å². The zero-order valence-electron chi connectivity index (χ0n) is 14.3. The van der Waals surface area contributed by atoms with Crippen molar-refractivity contribution in [1.82, 2.24) is 5.32 Å². The molecule has 1 N–H and O–H groups in total. The first-order valence-electron chi connectivity index (χ1n) is 8.11. The Morgan fingerprint density at radius 2 is 2.12 bits per heavy atom. The molecule has 1 aliphatic heterocycles. The van der Waals surface area contributed by atoms with Crippen LogP contribution in [0, 0.1) is 10.1 Å². The number of hydrogen-bond acceptors (Lipinski definition) is 6. The van der Waals surface area contributed by atoms with E-state index in [9.17, 15) is 19.7 Å². The summed E-state index contributed by atoms with van der Waals surface area (Å²) in [6.45, 7) is 1.73. The summed E-state index contributed by atoms with van der Waals surface area (Å²) in [6, 6.07) is 4.34. The zero-order chi connectivity index (χ0) is 19.0. The molecule has 7 nitrogen and oxygen atoms in total. The molecule has 0 saturated carbocycles. The van der Waals surface area contributed by atoms with Gasteiger partial charge < -0.3 is 10.1 Å². The van der Waals surface area contributed by atoms with Gasteiger partial charge in [0.1, 0.15) is 5.02 Å². The molecule has 26 heavy (non-hydrogen) atoms. The van der Waals surface area contributed by atoms with E-state index in [2.05, 4.69) is 5.32 Å². The van der Waals surface area contributed by atoms with Crippen LogP contribution in [0.1, 0.15) is 37.7 Å². The Labute approximate surface area is 154 Å². The van der Waals surface area contributed by atoms with Crippen molar-refractivity contribution in [2.45, 2.75) is 32.1 Å². The van der Waals surface area contributed by atoms with Gasteiger partial charge in [-0.25, -0.2) is 4.79 Å². The standard InChI is InChI=1S/C18H17ClN2O5/c1-9-15(18(23)26-2)16(17-12(20-9)4-3-5-14(17)22)10-6-7-11(19)13(8-10)21(24)25/h6-8,16,20H,3-5H2,1-2H3. The fourth-order valence-corrected chi connectivity index (χ4v) is 3.73. The number of carbonyl (C=O) groups is 2. The monoisotopic (exact) mass is 376 g/mol. The SMILES string of the molecule is COC(=O)C1=C(C)NC2=C(C(=O)CCC2)C1c1ccc(Cl)c([N+](=O)[O-])c1. The van der Waals surface area contributed by atoms with E-state index in [1.165, 1.54) is 19.2 Å². The Kier molecular flexibility index (Phi) is 4.82. The number of ketones is 1. The first-order valence-corrected chi connectivity index (χ1v) is 8.49. The van der Waals surface area contributed by atoms with Gasteiger partial charge in [-0.2, -0.15) is 0 Å². The highest BCUT2D eigenvalue weighted by atomic mass is 35.5. The van der Waals surface area contributed by atoms with Gasteiger partial charge in [0.25, 0.3) is 5.69 Å². The molecule has 0 bridgehead atoms. The van der Waals surface area contributed by atoms with Crippen LogP contribution in [0.5, 0.6) is 0 Å². The van der Waals surface area contributed by atoms with Gasteiger partial charge in [-0.1, -0.05) is 17.7 Å². The molecule has 8 heteroatoms. The maximum absolute atomic E-state index is 12.6. The highest BCUT2D eigenvalue weighted by molar-refractivity contribution is 6.32. The van der Waals surface area contributed by atoms with E-state index >= 15 is 0 Å². The van der Waals surface area contributed by atoms with E-state index in [1.54, 1.807) is 13.0 Å². The highest BCUT2D eigenvalue weighted by Gasteiger charge is 2.39. The molecule has 0 amide bonds. The first kappa shape index (κ1) is 18.1. The lowest BCUT2D eigenvalue weighted by Gasteiger charge is -2.34. The predicted octanol–water partition coefficient (Wildman–Crippen LogP) is 3.39. The van der Waals surface area contributed by atoms with Gasteiger partial charge in [-0.3, -0.25) is 14.9 Å². The molecule has 136 valence electrons. The number of benzene rings is 1. The minimum atomic E-state index is -0.720. The first-order chi connectivity index (χ1) is 12.3. The second-order valence-electron chi connectivity index (χ2n) is 6.23. The van der Waals surface area contributed by atoms with E-state index in [0.29, 0.717) is 29.7 Å². The van der Waals surface area contributed by atoms with Gasteiger partial charge in [0.15, 0.2) is 5.78 Å². The minimum absolute atomic E-state index is 0.00261. The van der Waals surface area contributed by atoms with Crippen molar-refractivity contribution in [2.24, 2.45) is 0 Å². The summed E-state index contributed by atoms with van der Waals surface area (Å²) in [6.07, 6.45) is 1.78. The molecule has 1 unspecified atom stereocenters. The Balaban J connectivity index is 2.24. The van der Waals surface area contributed by atoms with Crippen LogP contribution in [0.25, 0.3) is 0 Å². The Morgan fingerprint density at radius 1 is 1.38 bits per heavy atom. The average Bonchev–Trinajstić information content (AvgIpc) is 2.60. The number of nitrogens with one attached hydrogen (secondary N) is 1. The maximum Gasteiger partial charge on any atom is 0.336 e. The van der Waals surface area contributed by atoms with Crippen molar-refractivity contribution in [3.05, 3.63) is 61.4 Å². The molecular weight excluding hydrogens is 360 g/mol. The summed E-state index contributed by atoms with van der Waals surface area (Å²) in [7, 11) is 1.26. The molecule has 1 heterocycles. The fraction of sp³-hybridized carbons (Fsp3) is 0.333. The molecule has 2 aliphatic rings. The van der Waals surface area contributed by atoms with Crippen LogP contribution in [-0.2, 0) is 14.3 Å². The second-order valence-corrected chi connectivity index (χ2v) is 6.63. The molecule has 0 aromatic heterocycles. The number of nitrogens with zero attached hydrogens (tertiary/aromatic N) is 1. The number of dihydropyridines is 1. The molecule has 3 rings (SSSR count). The van der Waals surface area contributed by atoms with Crippen LogP contribution < -0.4 is 5.32 Å². The van der Waals surface area contributed by atoms with E-state index < -0.39 is 16.8 Å². The lowest BCUT2D eigenvalue weighted by molar-refractivity contribution is -0.384. The predicted molar refractivity (Wildman–Crippen MR) is 94.6 cm³/mol. The van der Waals surface area contributed by atoms with Crippen molar-refractivity contribution in [2.75, 3.05) is 7.11 Å². The molecule has 1 aromatic rings. The molecule has 1 aliphatic carbocycles. The summed E-state index contributed by atoms with van der Waals surface area (Å²) >= 11 is 5.91. The molecule has 0 saturated heterocycles. The third-order valence-electron chi connectivity index (χ3n) is 4.68. The van der Waals surface area contributed by atoms with Crippen LogP contribution in [0.3, 0.4) is 0 Å². The number of halogens is 1. The summed E-state index contributed by atoms with van der Waals surface area (Å²) < 4.78 is 4.90. The van der Waals surface area contributed by atoms with Crippen molar-refractivity contribution in [1.29, 1.82) is 0 Å². The normalized spacial score (nSPS) is 19.8. The third kappa shape index (κ3) is 2.99. The van der Waals surface area contributed by atoms with Crippen LogP contribution >= 0.6 is 11.6 Å². The van der Waals surface area contributed by atoms with Gasteiger partial charge in [-0.15, -0.1) is 0 Å².